The van der Waals surface area contributed by atoms with Gasteiger partial charge in [0.25, 0.3) is 0 Å². The van der Waals surface area contributed by atoms with Crippen LogP contribution in [0.5, 0.6) is 0 Å². The molecule has 106 valence electrons. The Morgan fingerprint density at radius 2 is 1.95 bits per heavy atom. The minimum Gasteiger partial charge on any atom is -0.369 e. The molecule has 0 bridgehead atoms. The molecule has 1 aromatic heterocycles. The van der Waals surface area contributed by atoms with Crippen molar-refractivity contribution in [2.75, 3.05) is 31.4 Å². The lowest BCUT2D eigenvalue weighted by molar-refractivity contribution is -0.128. The smallest absolute Gasteiger partial charge is 0.223 e. The van der Waals surface area contributed by atoms with Gasteiger partial charge in [0.2, 0.25) is 5.91 Å². The molecule has 7 heteroatoms. The van der Waals surface area contributed by atoms with Crippen molar-refractivity contribution in [3.8, 4) is 0 Å². The van der Waals surface area contributed by atoms with Gasteiger partial charge in [0.05, 0.1) is 0 Å². The Kier molecular flexibility index (Phi) is 5.50. The van der Waals surface area contributed by atoms with Crippen LogP contribution in [0.25, 0.3) is 0 Å². The molecule has 0 atom stereocenters. The number of nitrogens with two attached hydrogens (primary N) is 1. The van der Waals surface area contributed by atoms with E-state index in [1.165, 1.54) is 0 Å². The summed E-state index contributed by atoms with van der Waals surface area (Å²) in [6.45, 7) is 4.39. The Morgan fingerprint density at radius 1 is 1.32 bits per heavy atom. The van der Waals surface area contributed by atoms with Crippen molar-refractivity contribution >= 4 is 17.5 Å². The molecule has 0 radical (unpaired) electrons. The van der Waals surface area contributed by atoms with E-state index in [1.54, 1.807) is 19.0 Å². The van der Waals surface area contributed by atoms with Gasteiger partial charge in [0.1, 0.15) is 17.5 Å². The fourth-order valence-corrected chi connectivity index (χ4v) is 1.55. The molecule has 0 aliphatic carbocycles. The number of anilines is 2. The molecule has 0 saturated carbocycles. The molecule has 0 fully saturated rings. The number of carbonyl (C=O) groups excluding carboxylic acids is 1. The standard InChI is InChI=1S/C12H22N6O/c1-5-9-15-11(8(2)12(16-9)17-13)14-7-6-10(19)18(3)4/h5-7,13H2,1-4H3,(H2,14,15,16,17). The van der Waals surface area contributed by atoms with Crippen LogP contribution in [0.15, 0.2) is 0 Å². The van der Waals surface area contributed by atoms with E-state index in [9.17, 15) is 4.79 Å². The predicted octanol–water partition coefficient (Wildman–Crippen LogP) is 0.523. The van der Waals surface area contributed by atoms with Gasteiger partial charge in [-0.25, -0.2) is 15.8 Å². The molecule has 19 heavy (non-hydrogen) atoms. The van der Waals surface area contributed by atoms with Gasteiger partial charge in [0.15, 0.2) is 0 Å². The van der Waals surface area contributed by atoms with Crippen LogP contribution in [0, 0.1) is 6.92 Å². The molecular formula is C12H22N6O. The average Bonchev–Trinajstić information content (AvgIpc) is 2.40. The van der Waals surface area contributed by atoms with E-state index in [-0.39, 0.29) is 5.91 Å². The molecule has 1 heterocycles. The summed E-state index contributed by atoms with van der Waals surface area (Å²) in [5.41, 5.74) is 3.41. The Labute approximate surface area is 113 Å². The summed E-state index contributed by atoms with van der Waals surface area (Å²) in [5.74, 6) is 7.53. The van der Waals surface area contributed by atoms with E-state index in [0.717, 1.165) is 12.0 Å². The second-order valence-corrected chi connectivity index (χ2v) is 4.42. The van der Waals surface area contributed by atoms with Gasteiger partial charge in [-0.2, -0.15) is 0 Å². The van der Waals surface area contributed by atoms with Crippen LogP contribution in [0.4, 0.5) is 11.6 Å². The van der Waals surface area contributed by atoms with E-state index >= 15 is 0 Å². The second kappa shape index (κ2) is 6.89. The topological polar surface area (TPSA) is 96.2 Å². The number of aromatic nitrogens is 2. The minimum absolute atomic E-state index is 0.0760. The molecule has 0 spiro atoms. The van der Waals surface area contributed by atoms with E-state index in [1.807, 2.05) is 13.8 Å². The van der Waals surface area contributed by atoms with Crippen LogP contribution < -0.4 is 16.6 Å². The average molecular weight is 266 g/mol. The van der Waals surface area contributed by atoms with Gasteiger partial charge in [-0.15, -0.1) is 0 Å². The maximum atomic E-state index is 11.5. The molecule has 4 N–H and O–H groups in total. The normalized spacial score (nSPS) is 10.2. The molecule has 1 aromatic rings. The Bertz CT molecular complexity index is 446. The van der Waals surface area contributed by atoms with Crippen molar-refractivity contribution < 1.29 is 4.79 Å². The third kappa shape index (κ3) is 4.06. The maximum absolute atomic E-state index is 11.5. The maximum Gasteiger partial charge on any atom is 0.223 e. The van der Waals surface area contributed by atoms with Crippen LogP contribution in [0.3, 0.4) is 0 Å². The molecule has 0 saturated heterocycles. The van der Waals surface area contributed by atoms with Crippen molar-refractivity contribution in [1.82, 2.24) is 14.9 Å². The second-order valence-electron chi connectivity index (χ2n) is 4.42. The van der Waals surface area contributed by atoms with Crippen LogP contribution in [0.1, 0.15) is 24.7 Å². The van der Waals surface area contributed by atoms with E-state index in [2.05, 4.69) is 20.7 Å². The highest BCUT2D eigenvalue weighted by Crippen LogP contribution is 2.19. The van der Waals surface area contributed by atoms with Crippen molar-refractivity contribution in [2.45, 2.75) is 26.7 Å². The predicted molar refractivity (Wildman–Crippen MR) is 75.8 cm³/mol. The zero-order valence-corrected chi connectivity index (χ0v) is 11.9. The summed E-state index contributed by atoms with van der Waals surface area (Å²) in [6, 6.07) is 0. The number of nitrogens with one attached hydrogen (secondary N) is 2. The Hall–Kier alpha value is -1.89. The van der Waals surface area contributed by atoms with E-state index in [0.29, 0.717) is 30.4 Å². The summed E-state index contributed by atoms with van der Waals surface area (Å²) in [5, 5.41) is 3.15. The van der Waals surface area contributed by atoms with Crippen molar-refractivity contribution in [3.63, 3.8) is 0 Å². The number of amides is 1. The molecular weight excluding hydrogens is 244 g/mol. The summed E-state index contributed by atoms with van der Waals surface area (Å²) in [6.07, 6.45) is 1.14. The van der Waals surface area contributed by atoms with Crippen molar-refractivity contribution in [3.05, 3.63) is 11.4 Å². The first-order valence-electron chi connectivity index (χ1n) is 6.27. The highest BCUT2D eigenvalue weighted by molar-refractivity contribution is 5.76. The molecule has 7 nitrogen and oxygen atoms in total. The van der Waals surface area contributed by atoms with E-state index in [4.69, 9.17) is 5.84 Å². The summed E-state index contributed by atoms with van der Waals surface area (Å²) >= 11 is 0. The van der Waals surface area contributed by atoms with Gasteiger partial charge < -0.3 is 15.6 Å². The largest absolute Gasteiger partial charge is 0.369 e. The lowest BCUT2D eigenvalue weighted by atomic mass is 10.3. The molecule has 0 aromatic carbocycles. The number of hydrazine groups is 1. The molecule has 1 amide bonds. The lowest BCUT2D eigenvalue weighted by Crippen LogP contribution is -2.24. The number of carbonyl (C=O) groups is 1. The number of nitrogens with zero attached hydrogens (tertiary/aromatic N) is 3. The lowest BCUT2D eigenvalue weighted by Gasteiger charge is -2.14. The highest BCUT2D eigenvalue weighted by Gasteiger charge is 2.10. The summed E-state index contributed by atoms with van der Waals surface area (Å²) in [7, 11) is 3.48. The fourth-order valence-electron chi connectivity index (χ4n) is 1.55. The summed E-state index contributed by atoms with van der Waals surface area (Å²) in [4.78, 5) is 21.7. The Balaban J connectivity index is 2.74. The minimum atomic E-state index is 0.0760. The third-order valence-electron chi connectivity index (χ3n) is 2.78. The first-order chi connectivity index (χ1) is 8.99. The number of hydrogen-bond acceptors (Lipinski definition) is 6. The monoisotopic (exact) mass is 266 g/mol. The Morgan fingerprint density at radius 3 is 2.47 bits per heavy atom. The number of aryl methyl sites for hydroxylation is 1. The van der Waals surface area contributed by atoms with Gasteiger partial charge >= 0.3 is 0 Å². The first-order valence-corrected chi connectivity index (χ1v) is 6.27. The highest BCUT2D eigenvalue weighted by atomic mass is 16.2. The number of hydrogen-bond donors (Lipinski definition) is 3. The van der Waals surface area contributed by atoms with Crippen molar-refractivity contribution in [1.29, 1.82) is 0 Å². The van der Waals surface area contributed by atoms with Crippen LogP contribution in [-0.2, 0) is 11.2 Å². The van der Waals surface area contributed by atoms with E-state index < -0.39 is 0 Å². The molecule has 1 rings (SSSR count). The molecule has 0 unspecified atom stereocenters. The molecule has 0 aliphatic rings. The molecule has 0 aliphatic heterocycles. The van der Waals surface area contributed by atoms with Gasteiger partial charge in [-0.3, -0.25) is 4.79 Å². The SMILES string of the molecule is CCc1nc(NN)c(C)c(NCCC(=O)N(C)C)n1. The zero-order chi connectivity index (χ0) is 14.4. The van der Waals surface area contributed by atoms with Crippen LogP contribution in [0.2, 0.25) is 0 Å². The van der Waals surface area contributed by atoms with Crippen molar-refractivity contribution in [2.24, 2.45) is 5.84 Å². The zero-order valence-electron chi connectivity index (χ0n) is 11.9. The third-order valence-corrected chi connectivity index (χ3v) is 2.78. The fraction of sp³-hybridized carbons (Fsp3) is 0.583. The van der Waals surface area contributed by atoms with Gasteiger partial charge in [-0.05, 0) is 6.92 Å². The van der Waals surface area contributed by atoms with Crippen LogP contribution in [-0.4, -0.2) is 41.4 Å². The quantitative estimate of drug-likeness (QED) is 0.513. The number of rotatable bonds is 6. The first kappa shape index (κ1) is 15.2. The number of nitrogen functional groups attached to an aromatic ring is 1. The van der Waals surface area contributed by atoms with Gasteiger partial charge in [-0.1, -0.05) is 6.92 Å². The van der Waals surface area contributed by atoms with Crippen LogP contribution >= 0.6 is 0 Å². The van der Waals surface area contributed by atoms with Gasteiger partial charge in [0, 0.05) is 39.0 Å². The summed E-state index contributed by atoms with van der Waals surface area (Å²) < 4.78 is 0.